The monoisotopic (exact) mass is 393 g/mol. The van der Waals surface area contributed by atoms with Crippen molar-refractivity contribution in [2.24, 2.45) is 0 Å². The Morgan fingerprint density at radius 3 is 2.36 bits per heavy atom. The van der Waals surface area contributed by atoms with Crippen LogP contribution >= 0.6 is 22.9 Å². The van der Waals surface area contributed by atoms with Gasteiger partial charge in [0.1, 0.15) is 0 Å². The molecule has 130 valence electrons. The van der Waals surface area contributed by atoms with Gasteiger partial charge in [-0.25, -0.2) is 8.42 Å². The lowest BCUT2D eigenvalue weighted by atomic mass is 10.1. The molecule has 25 heavy (non-hydrogen) atoms. The number of rotatable bonds is 4. The van der Waals surface area contributed by atoms with Crippen molar-refractivity contribution in [3.8, 4) is 16.9 Å². The van der Waals surface area contributed by atoms with Gasteiger partial charge in [0.15, 0.2) is 9.84 Å². The van der Waals surface area contributed by atoms with Crippen molar-refractivity contribution in [1.82, 2.24) is 4.57 Å². The first kappa shape index (κ1) is 17.9. The zero-order valence-corrected chi connectivity index (χ0v) is 16.1. The van der Waals surface area contributed by atoms with Crippen LogP contribution in [0.4, 0.5) is 0 Å². The van der Waals surface area contributed by atoms with Crippen molar-refractivity contribution in [3.63, 3.8) is 0 Å². The molecule has 0 unspecified atom stereocenters. The lowest BCUT2D eigenvalue weighted by Gasteiger charge is -2.11. The van der Waals surface area contributed by atoms with E-state index in [1.54, 1.807) is 47.0 Å². The predicted octanol–water partition coefficient (Wildman–Crippen LogP) is 4.19. The van der Waals surface area contributed by atoms with E-state index in [4.69, 9.17) is 11.6 Å². The summed E-state index contributed by atoms with van der Waals surface area (Å²) in [5.41, 5.74) is 2.26. The lowest BCUT2D eigenvalue weighted by Crippen LogP contribution is -2.12. The Kier molecular flexibility index (Phi) is 4.86. The molecule has 3 aromatic rings. The van der Waals surface area contributed by atoms with E-state index in [-0.39, 0.29) is 9.77 Å². The van der Waals surface area contributed by atoms with E-state index in [0.29, 0.717) is 17.1 Å². The topological polar surface area (TPSA) is 56.1 Å². The van der Waals surface area contributed by atoms with Gasteiger partial charge >= 0.3 is 4.87 Å². The fourth-order valence-electron chi connectivity index (χ4n) is 2.65. The number of aryl methyl sites for hydroxylation is 1. The normalized spacial score (nSPS) is 11.6. The zero-order valence-electron chi connectivity index (χ0n) is 13.7. The van der Waals surface area contributed by atoms with Gasteiger partial charge in [0.2, 0.25) is 0 Å². The molecule has 0 radical (unpaired) electrons. The van der Waals surface area contributed by atoms with Gasteiger partial charge in [-0.3, -0.25) is 9.36 Å². The highest BCUT2D eigenvalue weighted by molar-refractivity contribution is 7.90. The highest BCUT2D eigenvalue weighted by Gasteiger charge is 2.18. The maximum Gasteiger partial charge on any atom is 0.312 e. The second-order valence-corrected chi connectivity index (χ2v) is 9.10. The number of hydrogen-bond acceptors (Lipinski definition) is 4. The molecule has 7 heteroatoms. The molecule has 1 heterocycles. The number of nitrogens with zero attached hydrogens (tertiary/aromatic N) is 1. The van der Waals surface area contributed by atoms with Gasteiger partial charge in [-0.15, -0.1) is 0 Å². The van der Waals surface area contributed by atoms with Crippen LogP contribution < -0.4 is 4.87 Å². The first-order valence-electron chi connectivity index (χ1n) is 7.62. The Bertz CT molecular complexity index is 1080. The van der Waals surface area contributed by atoms with E-state index in [2.05, 4.69) is 0 Å². The van der Waals surface area contributed by atoms with Gasteiger partial charge in [0, 0.05) is 16.2 Å². The minimum absolute atomic E-state index is 0.0960. The van der Waals surface area contributed by atoms with Crippen LogP contribution in [0.25, 0.3) is 16.9 Å². The molecule has 0 N–H and O–H groups in total. The third-order valence-electron chi connectivity index (χ3n) is 3.82. The van der Waals surface area contributed by atoms with Gasteiger partial charge in [-0.2, -0.15) is 0 Å². The van der Waals surface area contributed by atoms with Crippen LogP contribution in [0.15, 0.2) is 58.2 Å². The molecule has 0 aliphatic heterocycles. The number of benzene rings is 2. The van der Waals surface area contributed by atoms with Gasteiger partial charge in [0.25, 0.3) is 0 Å². The Hall–Kier alpha value is -1.89. The highest BCUT2D eigenvalue weighted by atomic mass is 35.5. The molecule has 0 aliphatic rings. The molecule has 0 saturated carbocycles. The summed E-state index contributed by atoms with van der Waals surface area (Å²) in [5, 5.41) is 0.548. The molecule has 0 amide bonds. The molecule has 4 nitrogen and oxygen atoms in total. The third-order valence-corrected chi connectivity index (χ3v) is 6.27. The number of halogens is 1. The highest BCUT2D eigenvalue weighted by Crippen LogP contribution is 2.30. The first-order valence-corrected chi connectivity index (χ1v) is 10.7. The van der Waals surface area contributed by atoms with E-state index < -0.39 is 9.84 Å². The van der Waals surface area contributed by atoms with E-state index in [0.717, 1.165) is 16.1 Å². The van der Waals surface area contributed by atoms with Crippen LogP contribution in [0.1, 0.15) is 11.8 Å². The van der Waals surface area contributed by atoms with Crippen LogP contribution in [0.3, 0.4) is 0 Å². The van der Waals surface area contributed by atoms with Crippen molar-refractivity contribution >= 4 is 32.8 Å². The van der Waals surface area contributed by atoms with Crippen molar-refractivity contribution < 1.29 is 8.42 Å². The fourth-order valence-corrected chi connectivity index (χ4v) is 4.42. The van der Waals surface area contributed by atoms with E-state index in [1.165, 1.54) is 17.6 Å². The zero-order chi connectivity index (χ0) is 18.2. The largest absolute Gasteiger partial charge is 0.312 e. The molecule has 2 aromatic carbocycles. The summed E-state index contributed by atoms with van der Waals surface area (Å²) in [6.07, 6.45) is 1.88. The molecule has 0 atom stereocenters. The number of thiazole rings is 1. The fraction of sp³-hybridized carbons (Fsp3) is 0.167. The summed E-state index contributed by atoms with van der Waals surface area (Å²) in [6.45, 7) is 1.99. The van der Waals surface area contributed by atoms with Crippen molar-refractivity contribution in [3.05, 3.63) is 68.1 Å². The van der Waals surface area contributed by atoms with E-state index >= 15 is 0 Å². The standard InChI is InChI=1S/C18H16ClNO3S2/c1-3-16-17(12-7-9-15(10-8-12)25(2,22)23)20(18(21)24-16)14-6-4-5-13(19)11-14/h4-11H,3H2,1-2H3. The molecule has 1 aromatic heterocycles. The van der Waals surface area contributed by atoms with Crippen molar-refractivity contribution in [2.75, 3.05) is 6.26 Å². The van der Waals surface area contributed by atoms with Gasteiger partial charge in [-0.05, 0) is 42.3 Å². The Balaban J connectivity index is 2.24. The maximum absolute atomic E-state index is 12.6. The minimum atomic E-state index is -3.26. The average Bonchev–Trinajstić information content (AvgIpc) is 2.90. The Labute approximate surface area is 155 Å². The SMILES string of the molecule is CCc1sc(=O)n(-c2cccc(Cl)c2)c1-c1ccc(S(C)(=O)=O)cc1. The summed E-state index contributed by atoms with van der Waals surface area (Å²) >= 11 is 7.27. The predicted molar refractivity (Wildman–Crippen MR) is 103 cm³/mol. The van der Waals surface area contributed by atoms with Gasteiger partial charge in [-0.1, -0.05) is 48.1 Å². The van der Waals surface area contributed by atoms with Crippen LogP contribution in [0.5, 0.6) is 0 Å². The summed E-state index contributed by atoms with van der Waals surface area (Å²) in [5.74, 6) is 0. The second kappa shape index (κ2) is 6.78. The second-order valence-electron chi connectivity index (χ2n) is 5.61. The molecule has 0 aliphatic carbocycles. The molecular weight excluding hydrogens is 378 g/mol. The molecule has 0 fully saturated rings. The Morgan fingerprint density at radius 2 is 1.80 bits per heavy atom. The first-order chi connectivity index (χ1) is 11.8. The van der Waals surface area contributed by atoms with Crippen LogP contribution in [0, 0.1) is 0 Å². The van der Waals surface area contributed by atoms with Crippen LogP contribution in [-0.2, 0) is 16.3 Å². The Morgan fingerprint density at radius 1 is 1.12 bits per heavy atom. The van der Waals surface area contributed by atoms with Crippen molar-refractivity contribution in [2.45, 2.75) is 18.2 Å². The average molecular weight is 394 g/mol. The minimum Gasteiger partial charge on any atom is -0.267 e. The summed E-state index contributed by atoms with van der Waals surface area (Å²) in [4.78, 5) is 13.7. The number of hydrogen-bond donors (Lipinski definition) is 0. The number of aromatic nitrogens is 1. The number of sulfone groups is 1. The molecule has 0 spiro atoms. The summed E-state index contributed by atoms with van der Waals surface area (Å²) < 4.78 is 25.0. The van der Waals surface area contributed by atoms with Crippen LogP contribution in [0.2, 0.25) is 5.02 Å². The van der Waals surface area contributed by atoms with Crippen LogP contribution in [-0.4, -0.2) is 19.2 Å². The molecular formula is C18H16ClNO3S2. The smallest absolute Gasteiger partial charge is 0.267 e. The molecule has 0 bridgehead atoms. The molecule has 0 saturated heterocycles. The van der Waals surface area contributed by atoms with Gasteiger partial charge < -0.3 is 0 Å². The lowest BCUT2D eigenvalue weighted by molar-refractivity contribution is 0.602. The van der Waals surface area contributed by atoms with Gasteiger partial charge in [0.05, 0.1) is 16.3 Å². The van der Waals surface area contributed by atoms with E-state index in [9.17, 15) is 13.2 Å². The molecule has 3 rings (SSSR count). The van der Waals surface area contributed by atoms with E-state index in [1.807, 2.05) is 13.0 Å². The summed E-state index contributed by atoms with van der Waals surface area (Å²) in [6, 6.07) is 13.7. The third kappa shape index (κ3) is 3.56. The maximum atomic E-state index is 12.6. The summed E-state index contributed by atoms with van der Waals surface area (Å²) in [7, 11) is -3.26. The quantitative estimate of drug-likeness (QED) is 0.667. The van der Waals surface area contributed by atoms with Crippen molar-refractivity contribution in [1.29, 1.82) is 0 Å².